The standard InChI is InChI=1S/C13H10N2O3S/c16-13(10-4-6-19-8-10)14-5-3-9-1-2-11(15(17)18)7-12(9)14/h1-2,4,6-8H,3,5H2. The Hall–Kier alpha value is -2.21. The third-order valence-corrected chi connectivity index (χ3v) is 3.87. The average Bonchev–Trinajstić information content (AvgIpc) is 3.06. The number of amides is 1. The zero-order valence-electron chi connectivity index (χ0n) is 9.91. The number of carbonyl (C=O) groups is 1. The van der Waals surface area contributed by atoms with E-state index in [0.717, 1.165) is 12.0 Å². The van der Waals surface area contributed by atoms with Gasteiger partial charge in [0.05, 0.1) is 16.2 Å². The summed E-state index contributed by atoms with van der Waals surface area (Å²) in [4.78, 5) is 24.3. The lowest BCUT2D eigenvalue weighted by atomic mass is 10.1. The van der Waals surface area contributed by atoms with Crippen LogP contribution in [0.4, 0.5) is 11.4 Å². The van der Waals surface area contributed by atoms with Gasteiger partial charge in [-0.3, -0.25) is 14.9 Å². The summed E-state index contributed by atoms with van der Waals surface area (Å²) in [6.45, 7) is 0.575. The van der Waals surface area contributed by atoms with Gasteiger partial charge in [0.1, 0.15) is 0 Å². The molecule has 0 atom stereocenters. The van der Waals surface area contributed by atoms with E-state index in [-0.39, 0.29) is 11.6 Å². The fourth-order valence-electron chi connectivity index (χ4n) is 2.23. The summed E-state index contributed by atoms with van der Waals surface area (Å²) < 4.78 is 0. The molecule has 5 nitrogen and oxygen atoms in total. The SMILES string of the molecule is O=C(c1ccsc1)N1CCc2ccc([N+](=O)[O-])cc21. The highest BCUT2D eigenvalue weighted by atomic mass is 32.1. The van der Waals surface area contributed by atoms with Crippen LogP contribution in [0.2, 0.25) is 0 Å². The maximum absolute atomic E-state index is 12.3. The van der Waals surface area contributed by atoms with Crippen LogP contribution in [0.1, 0.15) is 15.9 Å². The molecule has 0 bridgehead atoms. The highest BCUT2D eigenvalue weighted by Gasteiger charge is 2.27. The topological polar surface area (TPSA) is 63.5 Å². The molecule has 19 heavy (non-hydrogen) atoms. The van der Waals surface area contributed by atoms with Crippen LogP contribution in [0.25, 0.3) is 0 Å². The molecule has 96 valence electrons. The molecule has 0 fully saturated rings. The zero-order valence-corrected chi connectivity index (χ0v) is 10.7. The largest absolute Gasteiger partial charge is 0.307 e. The van der Waals surface area contributed by atoms with Crippen molar-refractivity contribution < 1.29 is 9.72 Å². The molecule has 0 radical (unpaired) electrons. The number of nitro groups is 1. The van der Waals surface area contributed by atoms with Crippen molar-refractivity contribution in [3.8, 4) is 0 Å². The smallest absolute Gasteiger partial charge is 0.271 e. The van der Waals surface area contributed by atoms with Crippen molar-refractivity contribution in [2.24, 2.45) is 0 Å². The van der Waals surface area contributed by atoms with Crippen LogP contribution in [0.3, 0.4) is 0 Å². The van der Waals surface area contributed by atoms with Gasteiger partial charge in [-0.25, -0.2) is 0 Å². The van der Waals surface area contributed by atoms with E-state index < -0.39 is 4.92 Å². The van der Waals surface area contributed by atoms with Gasteiger partial charge in [-0.15, -0.1) is 0 Å². The molecule has 0 saturated heterocycles. The summed E-state index contributed by atoms with van der Waals surface area (Å²) in [6.07, 6.45) is 0.739. The number of fused-ring (bicyclic) bond motifs is 1. The Morgan fingerprint density at radius 3 is 2.89 bits per heavy atom. The predicted octanol–water partition coefficient (Wildman–Crippen LogP) is 2.86. The lowest BCUT2D eigenvalue weighted by Gasteiger charge is -2.16. The van der Waals surface area contributed by atoms with Gasteiger partial charge in [0.25, 0.3) is 11.6 Å². The summed E-state index contributed by atoms with van der Waals surface area (Å²) in [7, 11) is 0. The van der Waals surface area contributed by atoms with Gasteiger partial charge in [0, 0.05) is 24.1 Å². The second kappa shape index (κ2) is 4.47. The van der Waals surface area contributed by atoms with Crippen molar-refractivity contribution in [1.29, 1.82) is 0 Å². The number of rotatable bonds is 2. The highest BCUT2D eigenvalue weighted by Crippen LogP contribution is 2.32. The molecular weight excluding hydrogens is 264 g/mol. The Balaban J connectivity index is 1.99. The quantitative estimate of drug-likeness (QED) is 0.625. The Labute approximate surface area is 113 Å². The summed E-state index contributed by atoms with van der Waals surface area (Å²) >= 11 is 1.46. The molecule has 0 N–H and O–H groups in total. The van der Waals surface area contributed by atoms with Crippen molar-refractivity contribution >= 4 is 28.6 Å². The van der Waals surface area contributed by atoms with Gasteiger partial charge in [0.2, 0.25) is 0 Å². The minimum absolute atomic E-state index is 0.0174. The molecule has 3 rings (SSSR count). The monoisotopic (exact) mass is 274 g/mol. The van der Waals surface area contributed by atoms with E-state index in [1.807, 2.05) is 5.38 Å². The van der Waals surface area contributed by atoms with Crippen LogP contribution in [0.15, 0.2) is 35.0 Å². The van der Waals surface area contributed by atoms with E-state index in [9.17, 15) is 14.9 Å². The fourth-order valence-corrected chi connectivity index (χ4v) is 2.86. The minimum Gasteiger partial charge on any atom is -0.307 e. The van der Waals surface area contributed by atoms with Crippen LogP contribution < -0.4 is 4.90 Å². The second-order valence-corrected chi connectivity index (χ2v) is 5.07. The van der Waals surface area contributed by atoms with Gasteiger partial charge in [-0.05, 0) is 23.4 Å². The van der Waals surface area contributed by atoms with Crippen molar-refractivity contribution in [2.75, 3.05) is 11.4 Å². The lowest BCUT2D eigenvalue weighted by molar-refractivity contribution is -0.384. The summed E-state index contributed by atoms with van der Waals surface area (Å²) in [5.74, 6) is -0.0968. The molecule has 2 aromatic rings. The predicted molar refractivity (Wildman–Crippen MR) is 72.8 cm³/mol. The summed E-state index contributed by atoms with van der Waals surface area (Å²) in [5, 5.41) is 14.4. The molecular formula is C13H10N2O3S. The summed E-state index contributed by atoms with van der Waals surface area (Å²) in [5.41, 5.74) is 2.28. The second-order valence-electron chi connectivity index (χ2n) is 4.29. The molecule has 0 spiro atoms. The Bertz CT molecular complexity index is 652. The molecule has 0 saturated carbocycles. The molecule has 1 aliphatic heterocycles. The van der Waals surface area contributed by atoms with Crippen LogP contribution >= 0.6 is 11.3 Å². The third-order valence-electron chi connectivity index (χ3n) is 3.19. The fraction of sp³-hybridized carbons (Fsp3) is 0.154. The molecule has 6 heteroatoms. The van der Waals surface area contributed by atoms with Crippen LogP contribution in [0.5, 0.6) is 0 Å². The van der Waals surface area contributed by atoms with Gasteiger partial charge >= 0.3 is 0 Å². The molecule has 0 unspecified atom stereocenters. The van der Waals surface area contributed by atoms with E-state index in [0.29, 0.717) is 17.8 Å². The van der Waals surface area contributed by atoms with Crippen LogP contribution in [-0.2, 0) is 6.42 Å². The van der Waals surface area contributed by atoms with Gasteiger partial charge in [-0.1, -0.05) is 6.07 Å². The summed E-state index contributed by atoms with van der Waals surface area (Å²) in [6, 6.07) is 6.46. The normalized spacial score (nSPS) is 13.4. The van der Waals surface area contributed by atoms with E-state index in [2.05, 4.69) is 0 Å². The van der Waals surface area contributed by atoms with Crippen molar-refractivity contribution in [2.45, 2.75) is 6.42 Å². The van der Waals surface area contributed by atoms with Gasteiger partial charge < -0.3 is 4.90 Å². The number of hydrogen-bond donors (Lipinski definition) is 0. The van der Waals surface area contributed by atoms with Crippen LogP contribution in [-0.4, -0.2) is 17.4 Å². The molecule has 2 heterocycles. The molecule has 1 aromatic carbocycles. The van der Waals surface area contributed by atoms with E-state index >= 15 is 0 Å². The first-order chi connectivity index (χ1) is 9.16. The van der Waals surface area contributed by atoms with E-state index in [1.165, 1.54) is 23.5 Å². The Morgan fingerprint density at radius 2 is 2.21 bits per heavy atom. The third kappa shape index (κ3) is 2.00. The lowest BCUT2D eigenvalue weighted by Crippen LogP contribution is -2.28. The highest BCUT2D eigenvalue weighted by molar-refractivity contribution is 7.08. The minimum atomic E-state index is -0.439. The van der Waals surface area contributed by atoms with Crippen molar-refractivity contribution in [3.05, 3.63) is 56.3 Å². The zero-order chi connectivity index (χ0) is 13.4. The van der Waals surface area contributed by atoms with Crippen LogP contribution in [0, 0.1) is 10.1 Å². The van der Waals surface area contributed by atoms with E-state index in [4.69, 9.17) is 0 Å². The Kier molecular flexibility index (Phi) is 2.79. The molecule has 1 amide bonds. The number of benzene rings is 1. The van der Waals surface area contributed by atoms with Gasteiger partial charge in [0.15, 0.2) is 0 Å². The molecule has 1 aliphatic rings. The number of anilines is 1. The number of hydrogen-bond acceptors (Lipinski definition) is 4. The molecule has 0 aliphatic carbocycles. The number of non-ortho nitro benzene ring substituents is 1. The maximum Gasteiger partial charge on any atom is 0.271 e. The number of carbonyl (C=O) groups excluding carboxylic acids is 1. The van der Waals surface area contributed by atoms with Gasteiger partial charge in [-0.2, -0.15) is 11.3 Å². The number of nitrogens with zero attached hydrogens (tertiary/aromatic N) is 2. The first-order valence-electron chi connectivity index (χ1n) is 5.78. The van der Waals surface area contributed by atoms with Crippen molar-refractivity contribution in [1.82, 2.24) is 0 Å². The first-order valence-corrected chi connectivity index (χ1v) is 6.72. The number of thiophene rings is 1. The Morgan fingerprint density at radius 1 is 1.37 bits per heavy atom. The molecule has 1 aromatic heterocycles. The maximum atomic E-state index is 12.3. The average molecular weight is 274 g/mol. The number of nitro benzene ring substituents is 1. The van der Waals surface area contributed by atoms with E-state index in [1.54, 1.807) is 22.4 Å². The first kappa shape index (κ1) is 11.9. The van der Waals surface area contributed by atoms with Crippen molar-refractivity contribution in [3.63, 3.8) is 0 Å².